The molecule has 0 unspecified atom stereocenters. The molecule has 1 aliphatic rings. The maximum absolute atomic E-state index is 6.44. The van der Waals surface area contributed by atoms with Crippen molar-refractivity contribution < 1.29 is 0 Å². The minimum absolute atomic E-state index is 0.677. The predicted molar refractivity (Wildman–Crippen MR) is 120 cm³/mol. The van der Waals surface area contributed by atoms with E-state index >= 15 is 0 Å². The van der Waals surface area contributed by atoms with E-state index in [1.807, 2.05) is 37.6 Å². The Labute approximate surface area is 174 Å². The average Bonchev–Trinajstić information content (AvgIpc) is 3.21. The molecule has 0 aliphatic carbocycles. The van der Waals surface area contributed by atoms with Crippen LogP contribution in [0.15, 0.2) is 48.9 Å². The fourth-order valence-electron chi connectivity index (χ4n) is 3.91. The van der Waals surface area contributed by atoms with Gasteiger partial charge in [0.15, 0.2) is 5.82 Å². The number of hydrogen-bond acceptors (Lipinski definition) is 5. The molecule has 0 amide bonds. The van der Waals surface area contributed by atoms with Gasteiger partial charge in [0.25, 0.3) is 0 Å². The van der Waals surface area contributed by atoms with Crippen molar-refractivity contribution in [3.63, 3.8) is 0 Å². The van der Waals surface area contributed by atoms with Gasteiger partial charge < -0.3 is 15.1 Å². The van der Waals surface area contributed by atoms with Gasteiger partial charge in [-0.3, -0.25) is 4.40 Å². The second-order valence-electron chi connectivity index (χ2n) is 7.63. The molecule has 1 fully saturated rings. The molecule has 2 aromatic heterocycles. The number of piperazine rings is 1. The molecule has 3 heterocycles. The third kappa shape index (κ3) is 3.28. The van der Waals surface area contributed by atoms with Gasteiger partial charge in [-0.25, -0.2) is 9.97 Å². The lowest BCUT2D eigenvalue weighted by atomic mass is 10.2. The van der Waals surface area contributed by atoms with Crippen LogP contribution in [0.1, 0.15) is 5.56 Å². The van der Waals surface area contributed by atoms with Crippen molar-refractivity contribution in [1.82, 2.24) is 19.3 Å². The molecule has 0 saturated carbocycles. The molecule has 1 saturated heterocycles. The van der Waals surface area contributed by atoms with Crippen LogP contribution in [-0.4, -0.2) is 52.5 Å². The highest BCUT2D eigenvalue weighted by Crippen LogP contribution is 2.32. The van der Waals surface area contributed by atoms with Crippen molar-refractivity contribution in [1.29, 1.82) is 0 Å². The maximum Gasteiger partial charge on any atom is 0.157 e. The summed E-state index contributed by atoms with van der Waals surface area (Å²) < 4.78 is 2.07. The largest absolute Gasteiger partial charge is 0.369 e. The van der Waals surface area contributed by atoms with Gasteiger partial charge in [0.05, 0.1) is 34.3 Å². The van der Waals surface area contributed by atoms with E-state index in [2.05, 4.69) is 49.7 Å². The van der Waals surface area contributed by atoms with Crippen molar-refractivity contribution in [3.05, 3.63) is 59.5 Å². The lowest BCUT2D eigenvalue weighted by molar-refractivity contribution is 0.313. The molecule has 29 heavy (non-hydrogen) atoms. The zero-order valence-corrected chi connectivity index (χ0v) is 17.3. The zero-order valence-electron chi connectivity index (χ0n) is 16.6. The van der Waals surface area contributed by atoms with Crippen LogP contribution in [0.25, 0.3) is 16.6 Å². The monoisotopic (exact) mass is 406 g/mol. The van der Waals surface area contributed by atoms with E-state index in [1.54, 1.807) is 0 Å². The molecule has 0 bridgehead atoms. The van der Waals surface area contributed by atoms with E-state index in [9.17, 15) is 0 Å². The second kappa shape index (κ2) is 7.21. The zero-order chi connectivity index (χ0) is 20.0. The van der Waals surface area contributed by atoms with Crippen LogP contribution in [-0.2, 0) is 0 Å². The predicted octanol–water partition coefficient (Wildman–Crippen LogP) is 4.34. The van der Waals surface area contributed by atoms with Gasteiger partial charge in [-0.15, -0.1) is 0 Å². The summed E-state index contributed by atoms with van der Waals surface area (Å²) >= 11 is 6.44. The standard InChI is InChI=1S/C22H23ClN6/c1-15-4-3-5-17(23)21(15)26-22-20-13-24-14-29(20)19-7-6-16(12-18(19)25-22)28-10-8-27(2)9-11-28/h3-7,12-14H,8-11H2,1-2H3,(H,25,26). The number of likely N-dealkylation sites (N-methyl/N-ethyl adjacent to an activating group) is 1. The van der Waals surface area contributed by atoms with Crippen molar-refractivity contribution in [3.8, 4) is 0 Å². The van der Waals surface area contributed by atoms with E-state index in [0.29, 0.717) is 5.02 Å². The first-order chi connectivity index (χ1) is 14.1. The van der Waals surface area contributed by atoms with Crippen molar-refractivity contribution in [2.24, 2.45) is 0 Å². The Balaban J connectivity index is 1.60. The summed E-state index contributed by atoms with van der Waals surface area (Å²) in [6.45, 7) is 6.24. The quantitative estimate of drug-likeness (QED) is 0.548. The van der Waals surface area contributed by atoms with Crippen molar-refractivity contribution in [2.75, 3.05) is 43.4 Å². The van der Waals surface area contributed by atoms with Gasteiger partial charge in [0.1, 0.15) is 5.52 Å². The molecule has 0 spiro atoms. The molecular weight excluding hydrogens is 384 g/mol. The molecule has 2 aromatic carbocycles. The van der Waals surface area contributed by atoms with Gasteiger partial charge in [-0.2, -0.15) is 0 Å². The number of rotatable bonds is 3. The first-order valence-corrected chi connectivity index (χ1v) is 10.2. The van der Waals surface area contributed by atoms with E-state index in [4.69, 9.17) is 16.6 Å². The van der Waals surface area contributed by atoms with Crippen LogP contribution in [0.5, 0.6) is 0 Å². The molecule has 0 atom stereocenters. The van der Waals surface area contributed by atoms with Crippen molar-refractivity contribution >= 4 is 45.3 Å². The van der Waals surface area contributed by atoms with Gasteiger partial charge in [0, 0.05) is 31.9 Å². The summed E-state index contributed by atoms with van der Waals surface area (Å²) in [4.78, 5) is 14.1. The number of para-hydroxylation sites is 1. The number of aromatic nitrogens is 3. The number of aryl methyl sites for hydroxylation is 1. The third-order valence-corrected chi connectivity index (χ3v) is 5.98. The van der Waals surface area contributed by atoms with Crippen LogP contribution in [0.3, 0.4) is 0 Å². The highest BCUT2D eigenvalue weighted by Gasteiger charge is 2.16. The summed E-state index contributed by atoms with van der Waals surface area (Å²) in [7, 11) is 2.17. The fraction of sp³-hybridized carbons (Fsp3) is 0.273. The van der Waals surface area contributed by atoms with Crippen LogP contribution < -0.4 is 10.2 Å². The molecule has 4 aromatic rings. The smallest absolute Gasteiger partial charge is 0.157 e. The Morgan fingerprint density at radius 3 is 2.66 bits per heavy atom. The van der Waals surface area contributed by atoms with Crippen LogP contribution in [0, 0.1) is 6.92 Å². The van der Waals surface area contributed by atoms with E-state index in [-0.39, 0.29) is 0 Å². The molecular formula is C22H23ClN6. The summed E-state index contributed by atoms with van der Waals surface area (Å²) in [6.07, 6.45) is 3.66. The van der Waals surface area contributed by atoms with Gasteiger partial charge in [-0.1, -0.05) is 23.7 Å². The fourth-order valence-corrected chi connectivity index (χ4v) is 4.18. The molecule has 5 rings (SSSR count). The Morgan fingerprint density at radius 2 is 1.86 bits per heavy atom. The van der Waals surface area contributed by atoms with E-state index in [1.165, 1.54) is 5.69 Å². The highest BCUT2D eigenvalue weighted by molar-refractivity contribution is 6.33. The first-order valence-electron chi connectivity index (χ1n) is 9.81. The third-order valence-electron chi connectivity index (χ3n) is 5.67. The summed E-state index contributed by atoms with van der Waals surface area (Å²) in [5.74, 6) is 0.752. The minimum atomic E-state index is 0.677. The van der Waals surface area contributed by atoms with Gasteiger partial charge in [0.2, 0.25) is 0 Å². The topological polar surface area (TPSA) is 48.7 Å². The molecule has 0 radical (unpaired) electrons. The first kappa shape index (κ1) is 18.2. The lowest BCUT2D eigenvalue weighted by Gasteiger charge is -2.34. The van der Waals surface area contributed by atoms with Crippen molar-refractivity contribution in [2.45, 2.75) is 6.92 Å². The number of anilines is 3. The normalized spacial score (nSPS) is 15.3. The second-order valence-corrected chi connectivity index (χ2v) is 8.04. The summed E-state index contributed by atoms with van der Waals surface area (Å²) in [5.41, 5.74) is 6.04. The number of imidazole rings is 1. The Kier molecular flexibility index (Phi) is 4.53. The number of benzene rings is 2. The number of halogens is 1. The number of hydrogen-bond donors (Lipinski definition) is 1. The summed E-state index contributed by atoms with van der Waals surface area (Å²) in [5, 5.41) is 4.12. The Morgan fingerprint density at radius 1 is 1.03 bits per heavy atom. The summed E-state index contributed by atoms with van der Waals surface area (Å²) in [6, 6.07) is 12.4. The number of fused-ring (bicyclic) bond motifs is 3. The van der Waals surface area contributed by atoms with E-state index in [0.717, 1.165) is 59.8 Å². The average molecular weight is 407 g/mol. The maximum atomic E-state index is 6.44. The molecule has 148 valence electrons. The molecule has 1 N–H and O–H groups in total. The Hall–Kier alpha value is -2.83. The van der Waals surface area contributed by atoms with Gasteiger partial charge in [-0.05, 0) is 43.8 Å². The molecule has 1 aliphatic heterocycles. The Bertz CT molecular complexity index is 1170. The van der Waals surface area contributed by atoms with Crippen LogP contribution >= 0.6 is 11.6 Å². The van der Waals surface area contributed by atoms with E-state index < -0.39 is 0 Å². The number of nitrogens with one attached hydrogen (secondary N) is 1. The molecule has 6 nitrogen and oxygen atoms in total. The minimum Gasteiger partial charge on any atom is -0.369 e. The molecule has 7 heteroatoms. The van der Waals surface area contributed by atoms with Crippen LogP contribution in [0.4, 0.5) is 17.2 Å². The SMILES string of the molecule is Cc1cccc(Cl)c1Nc1nc2cc(N3CCN(C)CC3)ccc2n2cncc12. The lowest BCUT2D eigenvalue weighted by Crippen LogP contribution is -2.44. The van der Waals surface area contributed by atoms with Crippen LogP contribution in [0.2, 0.25) is 5.02 Å². The number of nitrogens with zero attached hydrogens (tertiary/aromatic N) is 5. The highest BCUT2D eigenvalue weighted by atomic mass is 35.5. The van der Waals surface area contributed by atoms with Gasteiger partial charge >= 0.3 is 0 Å².